The highest BCUT2D eigenvalue weighted by Crippen LogP contribution is 2.36. The number of hydrogen-bond acceptors (Lipinski definition) is 1. The van der Waals surface area contributed by atoms with Crippen molar-refractivity contribution in [2.24, 2.45) is 0 Å². The summed E-state index contributed by atoms with van der Waals surface area (Å²) in [5, 5.41) is 3.70. The molecule has 88 valence electrons. The molecule has 0 saturated carbocycles. The van der Waals surface area contributed by atoms with E-state index in [0.717, 1.165) is 12.5 Å². The lowest BCUT2D eigenvalue weighted by molar-refractivity contribution is 0.428. The van der Waals surface area contributed by atoms with Crippen LogP contribution < -0.4 is 5.32 Å². The minimum Gasteiger partial charge on any atom is -0.310 e. The molecular formula is C15H23N. The van der Waals surface area contributed by atoms with E-state index in [1.165, 1.54) is 31.2 Å². The molecule has 2 unspecified atom stereocenters. The van der Waals surface area contributed by atoms with Crippen LogP contribution in [0.15, 0.2) is 24.3 Å². The maximum atomic E-state index is 3.70. The van der Waals surface area contributed by atoms with E-state index < -0.39 is 0 Å². The number of hydrogen-bond donors (Lipinski definition) is 1. The lowest BCUT2D eigenvalue weighted by atomic mass is 9.81. The standard InChI is InChI=1S/C15H23N/c1-3-4-11-16-15-10-9-12(2)13-7-5-6-8-14(13)15/h5-8,12,15-16H,3-4,9-11H2,1-2H3. The van der Waals surface area contributed by atoms with Crippen LogP contribution in [0.4, 0.5) is 0 Å². The van der Waals surface area contributed by atoms with Gasteiger partial charge in [0.25, 0.3) is 0 Å². The first kappa shape index (κ1) is 11.7. The molecule has 1 heteroatoms. The summed E-state index contributed by atoms with van der Waals surface area (Å²) in [6, 6.07) is 9.54. The van der Waals surface area contributed by atoms with E-state index in [2.05, 4.69) is 43.4 Å². The van der Waals surface area contributed by atoms with Crippen LogP contribution in [0.3, 0.4) is 0 Å². The van der Waals surface area contributed by atoms with Gasteiger partial charge < -0.3 is 5.32 Å². The quantitative estimate of drug-likeness (QED) is 0.751. The first-order chi connectivity index (χ1) is 7.83. The third-order valence-electron chi connectivity index (χ3n) is 3.71. The molecule has 1 N–H and O–H groups in total. The van der Waals surface area contributed by atoms with Crippen LogP contribution in [-0.2, 0) is 0 Å². The van der Waals surface area contributed by atoms with Crippen LogP contribution in [0.2, 0.25) is 0 Å². The molecule has 0 spiro atoms. The Morgan fingerprint density at radius 3 is 2.69 bits per heavy atom. The maximum absolute atomic E-state index is 3.70. The number of fused-ring (bicyclic) bond motifs is 1. The van der Waals surface area contributed by atoms with Crippen molar-refractivity contribution < 1.29 is 0 Å². The van der Waals surface area contributed by atoms with Crippen LogP contribution in [-0.4, -0.2) is 6.54 Å². The molecule has 1 aromatic rings. The highest BCUT2D eigenvalue weighted by molar-refractivity contribution is 5.34. The van der Waals surface area contributed by atoms with Crippen molar-refractivity contribution in [2.45, 2.75) is 51.5 Å². The summed E-state index contributed by atoms with van der Waals surface area (Å²) in [5.74, 6) is 0.737. The predicted octanol–water partition coefficient (Wildman–Crippen LogP) is 4.01. The molecule has 0 saturated heterocycles. The molecule has 0 aliphatic heterocycles. The van der Waals surface area contributed by atoms with Crippen molar-refractivity contribution in [1.29, 1.82) is 0 Å². The van der Waals surface area contributed by atoms with Crippen LogP contribution in [0, 0.1) is 0 Å². The molecule has 2 rings (SSSR count). The summed E-state index contributed by atoms with van der Waals surface area (Å²) in [5.41, 5.74) is 3.10. The van der Waals surface area contributed by atoms with Crippen LogP contribution >= 0.6 is 0 Å². The van der Waals surface area contributed by atoms with Crippen molar-refractivity contribution in [3.8, 4) is 0 Å². The molecule has 1 aromatic carbocycles. The molecule has 0 bridgehead atoms. The van der Waals surface area contributed by atoms with Gasteiger partial charge in [0.05, 0.1) is 0 Å². The summed E-state index contributed by atoms with van der Waals surface area (Å²) < 4.78 is 0. The first-order valence-corrected chi connectivity index (χ1v) is 6.65. The van der Waals surface area contributed by atoms with Gasteiger partial charge in [0.1, 0.15) is 0 Å². The number of unbranched alkanes of at least 4 members (excludes halogenated alkanes) is 1. The average Bonchev–Trinajstić information content (AvgIpc) is 2.33. The number of rotatable bonds is 4. The molecule has 1 aliphatic rings. The fourth-order valence-electron chi connectivity index (χ4n) is 2.67. The van der Waals surface area contributed by atoms with Crippen molar-refractivity contribution >= 4 is 0 Å². The van der Waals surface area contributed by atoms with E-state index in [9.17, 15) is 0 Å². The summed E-state index contributed by atoms with van der Waals surface area (Å²) in [6.07, 6.45) is 5.18. The maximum Gasteiger partial charge on any atom is 0.0323 e. The Morgan fingerprint density at radius 1 is 1.19 bits per heavy atom. The average molecular weight is 217 g/mol. The molecule has 0 aromatic heterocycles. The van der Waals surface area contributed by atoms with Crippen molar-refractivity contribution in [3.63, 3.8) is 0 Å². The lowest BCUT2D eigenvalue weighted by Gasteiger charge is -2.30. The summed E-state index contributed by atoms with van der Waals surface area (Å²) >= 11 is 0. The zero-order valence-corrected chi connectivity index (χ0v) is 10.5. The summed E-state index contributed by atoms with van der Waals surface area (Å²) in [4.78, 5) is 0. The van der Waals surface area contributed by atoms with E-state index in [-0.39, 0.29) is 0 Å². The Morgan fingerprint density at radius 2 is 1.94 bits per heavy atom. The molecule has 0 radical (unpaired) electrons. The largest absolute Gasteiger partial charge is 0.310 e. The summed E-state index contributed by atoms with van der Waals surface area (Å²) in [7, 11) is 0. The minimum atomic E-state index is 0.596. The third-order valence-corrected chi connectivity index (χ3v) is 3.71. The smallest absolute Gasteiger partial charge is 0.0323 e. The molecule has 2 atom stereocenters. The molecule has 16 heavy (non-hydrogen) atoms. The van der Waals surface area contributed by atoms with E-state index in [4.69, 9.17) is 0 Å². The Hall–Kier alpha value is -0.820. The van der Waals surface area contributed by atoms with Crippen LogP contribution in [0.1, 0.15) is 62.6 Å². The molecular weight excluding hydrogens is 194 g/mol. The highest BCUT2D eigenvalue weighted by Gasteiger charge is 2.23. The van der Waals surface area contributed by atoms with Gasteiger partial charge in [0.2, 0.25) is 0 Å². The van der Waals surface area contributed by atoms with Crippen molar-refractivity contribution in [1.82, 2.24) is 5.32 Å². The molecule has 1 nitrogen and oxygen atoms in total. The van der Waals surface area contributed by atoms with E-state index >= 15 is 0 Å². The van der Waals surface area contributed by atoms with Gasteiger partial charge in [0, 0.05) is 6.04 Å². The van der Waals surface area contributed by atoms with Gasteiger partial charge in [-0.3, -0.25) is 0 Å². The van der Waals surface area contributed by atoms with Crippen molar-refractivity contribution in [3.05, 3.63) is 35.4 Å². The number of nitrogens with one attached hydrogen (secondary N) is 1. The van der Waals surface area contributed by atoms with Gasteiger partial charge in [-0.2, -0.15) is 0 Å². The molecule has 0 amide bonds. The minimum absolute atomic E-state index is 0.596. The molecule has 0 fully saturated rings. The zero-order valence-electron chi connectivity index (χ0n) is 10.5. The zero-order chi connectivity index (χ0) is 11.4. The van der Waals surface area contributed by atoms with Gasteiger partial charge in [0.15, 0.2) is 0 Å². The predicted molar refractivity (Wildman–Crippen MR) is 69.7 cm³/mol. The van der Waals surface area contributed by atoms with Crippen LogP contribution in [0.5, 0.6) is 0 Å². The van der Waals surface area contributed by atoms with Gasteiger partial charge in [-0.05, 0) is 42.9 Å². The van der Waals surface area contributed by atoms with E-state index in [0.29, 0.717) is 6.04 Å². The van der Waals surface area contributed by atoms with Crippen LogP contribution in [0.25, 0.3) is 0 Å². The fraction of sp³-hybridized carbons (Fsp3) is 0.600. The summed E-state index contributed by atoms with van der Waals surface area (Å²) in [6.45, 7) is 5.75. The third kappa shape index (κ3) is 2.46. The highest BCUT2D eigenvalue weighted by atomic mass is 14.9. The SMILES string of the molecule is CCCCNC1CCC(C)c2ccccc21. The van der Waals surface area contributed by atoms with Gasteiger partial charge in [-0.1, -0.05) is 44.5 Å². The van der Waals surface area contributed by atoms with Crippen molar-refractivity contribution in [2.75, 3.05) is 6.54 Å². The topological polar surface area (TPSA) is 12.0 Å². The Bertz CT molecular complexity index is 332. The Kier molecular flexibility index (Phi) is 4.00. The fourth-order valence-corrected chi connectivity index (χ4v) is 2.67. The van der Waals surface area contributed by atoms with E-state index in [1.807, 2.05) is 0 Å². The van der Waals surface area contributed by atoms with Gasteiger partial charge >= 0.3 is 0 Å². The van der Waals surface area contributed by atoms with Gasteiger partial charge in [-0.25, -0.2) is 0 Å². The molecule has 1 aliphatic carbocycles. The Labute approximate surface area is 99.3 Å². The molecule has 0 heterocycles. The second-order valence-corrected chi connectivity index (χ2v) is 4.97. The normalized spacial score (nSPS) is 24.1. The first-order valence-electron chi connectivity index (χ1n) is 6.65. The second kappa shape index (κ2) is 5.49. The van der Waals surface area contributed by atoms with E-state index in [1.54, 1.807) is 5.56 Å². The Balaban J connectivity index is 2.09. The second-order valence-electron chi connectivity index (χ2n) is 4.97. The monoisotopic (exact) mass is 217 g/mol. The lowest BCUT2D eigenvalue weighted by Crippen LogP contribution is -2.26. The van der Waals surface area contributed by atoms with Gasteiger partial charge in [-0.15, -0.1) is 0 Å². The number of benzene rings is 1.